The second-order valence-electron chi connectivity index (χ2n) is 8.25. The van der Waals surface area contributed by atoms with Crippen molar-refractivity contribution in [1.29, 1.82) is 0 Å². The van der Waals surface area contributed by atoms with Gasteiger partial charge in [-0.1, -0.05) is 24.3 Å². The van der Waals surface area contributed by atoms with Crippen molar-refractivity contribution in [3.8, 4) is 5.75 Å². The van der Waals surface area contributed by atoms with Gasteiger partial charge in [-0.25, -0.2) is 12.8 Å². The van der Waals surface area contributed by atoms with Gasteiger partial charge in [0, 0.05) is 5.56 Å². The number of hydrogen-bond acceptors (Lipinski definition) is 6. The van der Waals surface area contributed by atoms with Crippen molar-refractivity contribution in [1.82, 2.24) is 5.32 Å². The monoisotopic (exact) mass is 435 g/mol. The molecular weight excluding hydrogens is 409 g/mol. The Bertz CT molecular complexity index is 1030. The minimum Gasteiger partial charge on any atom is -0.497 e. The van der Waals surface area contributed by atoms with Crippen LogP contribution in [-0.2, 0) is 19.4 Å². The van der Waals surface area contributed by atoms with Crippen molar-refractivity contribution in [3.63, 3.8) is 0 Å². The van der Waals surface area contributed by atoms with Gasteiger partial charge in [-0.15, -0.1) is 0 Å². The number of halogens is 1. The normalized spacial score (nSPS) is 22.0. The van der Waals surface area contributed by atoms with Gasteiger partial charge >= 0.3 is 5.97 Å². The summed E-state index contributed by atoms with van der Waals surface area (Å²) in [5.41, 5.74) is -0.532. The Morgan fingerprint density at radius 3 is 2.47 bits per heavy atom. The third-order valence-corrected chi connectivity index (χ3v) is 7.09. The number of ether oxygens (including phenoxy) is 2. The number of sulfone groups is 1. The van der Waals surface area contributed by atoms with E-state index in [1.165, 1.54) is 37.4 Å². The largest absolute Gasteiger partial charge is 0.497 e. The van der Waals surface area contributed by atoms with E-state index in [4.69, 9.17) is 9.47 Å². The molecule has 1 heterocycles. The van der Waals surface area contributed by atoms with Gasteiger partial charge in [0.1, 0.15) is 23.2 Å². The van der Waals surface area contributed by atoms with E-state index in [1.807, 2.05) is 0 Å². The van der Waals surface area contributed by atoms with Gasteiger partial charge in [0.25, 0.3) is 0 Å². The number of carbonyl (C=O) groups is 1. The van der Waals surface area contributed by atoms with Crippen molar-refractivity contribution in [2.75, 3.05) is 7.11 Å². The minimum absolute atomic E-state index is 0.0343. The highest BCUT2D eigenvalue weighted by atomic mass is 32.2. The van der Waals surface area contributed by atoms with Gasteiger partial charge in [-0.2, -0.15) is 0 Å². The highest BCUT2D eigenvalue weighted by Crippen LogP contribution is 2.37. The molecule has 8 heteroatoms. The Labute approximate surface area is 176 Å². The van der Waals surface area contributed by atoms with Crippen LogP contribution >= 0.6 is 0 Å². The molecule has 3 atom stereocenters. The van der Waals surface area contributed by atoms with Crippen molar-refractivity contribution in [3.05, 3.63) is 59.9 Å². The van der Waals surface area contributed by atoms with Crippen molar-refractivity contribution < 1.29 is 27.1 Å². The standard InChI is InChI=1S/C22H26FNO5S/c1-22(2,3)29-21(25)18-13-19(20(24-18)16-10-5-6-11-17(16)23)30(26,27)15-9-7-8-14(12-15)28-4/h5-12,18-20,24H,13H2,1-4H3. The number of hydrogen-bond donors (Lipinski definition) is 1. The maximum absolute atomic E-state index is 14.6. The number of esters is 1. The van der Waals surface area contributed by atoms with Gasteiger partial charge in [0.05, 0.1) is 23.3 Å². The molecule has 2 aromatic carbocycles. The molecule has 3 unspecified atom stereocenters. The Balaban J connectivity index is 2.02. The molecule has 0 bridgehead atoms. The van der Waals surface area contributed by atoms with Crippen LogP contribution in [0.3, 0.4) is 0 Å². The molecule has 1 aliphatic rings. The SMILES string of the molecule is COc1cccc(S(=O)(=O)C2CC(C(=O)OC(C)(C)C)NC2c2ccccc2F)c1. The summed E-state index contributed by atoms with van der Waals surface area (Å²) in [5.74, 6) is -0.703. The zero-order valence-electron chi connectivity index (χ0n) is 17.4. The average molecular weight is 436 g/mol. The van der Waals surface area contributed by atoms with E-state index in [0.29, 0.717) is 5.75 Å². The van der Waals surface area contributed by atoms with Gasteiger partial charge in [-0.05, 0) is 51.5 Å². The average Bonchev–Trinajstić information content (AvgIpc) is 3.13. The molecule has 2 aromatic rings. The van der Waals surface area contributed by atoms with Crippen LogP contribution in [0.15, 0.2) is 53.4 Å². The molecular formula is C22H26FNO5S. The molecule has 1 saturated heterocycles. The fraction of sp³-hybridized carbons (Fsp3) is 0.409. The summed E-state index contributed by atoms with van der Waals surface area (Å²) in [6, 6.07) is 10.3. The summed E-state index contributed by atoms with van der Waals surface area (Å²) in [5, 5.41) is 1.94. The first-order chi connectivity index (χ1) is 14.0. The summed E-state index contributed by atoms with van der Waals surface area (Å²) in [6.07, 6.45) is -0.0343. The fourth-order valence-electron chi connectivity index (χ4n) is 3.57. The molecule has 0 aliphatic carbocycles. The lowest BCUT2D eigenvalue weighted by atomic mass is 10.0. The molecule has 6 nitrogen and oxygen atoms in total. The molecule has 0 saturated carbocycles. The van der Waals surface area contributed by atoms with E-state index in [-0.39, 0.29) is 16.9 Å². The Kier molecular flexibility index (Phi) is 6.19. The van der Waals surface area contributed by atoms with Gasteiger partial charge in [0.15, 0.2) is 9.84 Å². The van der Waals surface area contributed by atoms with E-state index in [9.17, 15) is 17.6 Å². The summed E-state index contributed by atoms with van der Waals surface area (Å²) in [6.45, 7) is 5.20. The van der Waals surface area contributed by atoms with Crippen molar-refractivity contribution in [2.45, 2.75) is 55.0 Å². The zero-order valence-corrected chi connectivity index (χ0v) is 18.2. The molecule has 0 radical (unpaired) electrons. The summed E-state index contributed by atoms with van der Waals surface area (Å²) >= 11 is 0. The van der Waals surface area contributed by atoms with Crippen LogP contribution in [0.4, 0.5) is 4.39 Å². The molecule has 30 heavy (non-hydrogen) atoms. The van der Waals surface area contributed by atoms with Gasteiger partial charge in [-0.3, -0.25) is 10.1 Å². The molecule has 0 aromatic heterocycles. The van der Waals surface area contributed by atoms with Crippen LogP contribution in [0.2, 0.25) is 0 Å². The van der Waals surface area contributed by atoms with Crippen LogP contribution in [0.5, 0.6) is 5.75 Å². The number of rotatable bonds is 5. The molecule has 1 N–H and O–H groups in total. The van der Waals surface area contributed by atoms with Crippen LogP contribution in [0.25, 0.3) is 0 Å². The zero-order chi connectivity index (χ0) is 22.1. The van der Waals surface area contributed by atoms with E-state index in [0.717, 1.165) is 0 Å². The first-order valence-electron chi connectivity index (χ1n) is 9.64. The highest BCUT2D eigenvalue weighted by Gasteiger charge is 2.47. The summed E-state index contributed by atoms with van der Waals surface area (Å²) in [4.78, 5) is 12.7. The van der Waals surface area contributed by atoms with E-state index >= 15 is 0 Å². The minimum atomic E-state index is -3.91. The van der Waals surface area contributed by atoms with Gasteiger partial charge < -0.3 is 9.47 Å². The summed E-state index contributed by atoms with van der Waals surface area (Å²) in [7, 11) is -2.46. The topological polar surface area (TPSA) is 81.7 Å². The maximum atomic E-state index is 14.6. The lowest BCUT2D eigenvalue weighted by Crippen LogP contribution is -2.38. The Morgan fingerprint density at radius 2 is 1.83 bits per heavy atom. The number of benzene rings is 2. The second kappa shape index (κ2) is 8.35. The van der Waals surface area contributed by atoms with E-state index in [2.05, 4.69) is 5.32 Å². The third kappa shape index (κ3) is 4.65. The number of methoxy groups -OCH3 is 1. The molecule has 1 fully saturated rings. The van der Waals surface area contributed by atoms with Crippen LogP contribution in [0, 0.1) is 5.82 Å². The van der Waals surface area contributed by atoms with Crippen molar-refractivity contribution in [2.24, 2.45) is 0 Å². The molecule has 162 valence electrons. The third-order valence-electron chi connectivity index (χ3n) is 4.92. The number of carbonyl (C=O) groups excluding carboxylic acids is 1. The van der Waals surface area contributed by atoms with Crippen LogP contribution in [-0.4, -0.2) is 38.4 Å². The first kappa shape index (κ1) is 22.2. The summed E-state index contributed by atoms with van der Waals surface area (Å²) < 4.78 is 52.1. The van der Waals surface area contributed by atoms with Gasteiger partial charge in [0.2, 0.25) is 0 Å². The smallest absolute Gasteiger partial charge is 0.323 e. The van der Waals surface area contributed by atoms with E-state index < -0.39 is 44.6 Å². The predicted octanol–water partition coefficient (Wildman–Crippen LogP) is 3.42. The Hall–Kier alpha value is -2.45. The highest BCUT2D eigenvalue weighted by molar-refractivity contribution is 7.92. The lowest BCUT2D eigenvalue weighted by molar-refractivity contribution is -0.157. The molecule has 1 aliphatic heterocycles. The van der Waals surface area contributed by atoms with Crippen LogP contribution < -0.4 is 10.1 Å². The first-order valence-corrected chi connectivity index (χ1v) is 11.2. The van der Waals surface area contributed by atoms with E-state index in [1.54, 1.807) is 39.0 Å². The quantitative estimate of drug-likeness (QED) is 0.725. The number of nitrogens with one attached hydrogen (secondary N) is 1. The van der Waals surface area contributed by atoms with Crippen LogP contribution in [0.1, 0.15) is 38.8 Å². The Morgan fingerprint density at radius 1 is 1.13 bits per heavy atom. The predicted molar refractivity (Wildman–Crippen MR) is 110 cm³/mol. The second-order valence-corrected chi connectivity index (χ2v) is 10.4. The molecule has 0 amide bonds. The fourth-order valence-corrected chi connectivity index (χ4v) is 5.50. The lowest BCUT2D eigenvalue weighted by Gasteiger charge is -2.22. The maximum Gasteiger partial charge on any atom is 0.323 e. The molecule has 3 rings (SSSR count). The van der Waals surface area contributed by atoms with Crippen molar-refractivity contribution >= 4 is 15.8 Å². The molecule has 0 spiro atoms.